The summed E-state index contributed by atoms with van der Waals surface area (Å²) in [6, 6.07) is 10.5. The van der Waals surface area contributed by atoms with E-state index in [4.69, 9.17) is 14.2 Å². The van der Waals surface area contributed by atoms with Gasteiger partial charge in [0.15, 0.2) is 11.5 Å². The van der Waals surface area contributed by atoms with Gasteiger partial charge in [-0.25, -0.2) is 13.2 Å². The Morgan fingerprint density at radius 2 is 1.86 bits per heavy atom. The number of ether oxygens (including phenoxy) is 3. The van der Waals surface area contributed by atoms with E-state index in [2.05, 4.69) is 0 Å². The Balaban J connectivity index is 1.83. The van der Waals surface area contributed by atoms with E-state index in [0.717, 1.165) is 10.7 Å². The normalized spacial score (nSPS) is 20.5. The van der Waals surface area contributed by atoms with Gasteiger partial charge in [0.05, 0.1) is 32.2 Å². The van der Waals surface area contributed by atoms with Crippen molar-refractivity contribution in [1.29, 1.82) is 0 Å². The fourth-order valence-electron chi connectivity index (χ4n) is 3.67. The third kappa shape index (κ3) is 3.30. The zero-order valence-corrected chi connectivity index (χ0v) is 17.0. The molecule has 0 saturated carbocycles. The van der Waals surface area contributed by atoms with E-state index in [9.17, 15) is 13.2 Å². The van der Waals surface area contributed by atoms with Crippen molar-refractivity contribution in [2.24, 2.45) is 5.92 Å². The van der Waals surface area contributed by atoms with E-state index in [1.54, 1.807) is 24.3 Å². The summed E-state index contributed by atoms with van der Waals surface area (Å²) in [6.07, 6.45) is 0.828. The molecule has 1 atom stereocenters. The Kier molecular flexibility index (Phi) is 5.10. The lowest BCUT2D eigenvalue weighted by molar-refractivity contribution is 0.186. The first-order valence-electron chi connectivity index (χ1n) is 9.23. The second-order valence-electron chi connectivity index (χ2n) is 6.90. The van der Waals surface area contributed by atoms with E-state index in [1.165, 1.54) is 37.3 Å². The van der Waals surface area contributed by atoms with E-state index >= 15 is 0 Å². The molecular formula is C20H22N2O6S. The summed E-state index contributed by atoms with van der Waals surface area (Å²) in [4.78, 5) is 15.0. The van der Waals surface area contributed by atoms with Gasteiger partial charge >= 0.3 is 6.03 Å². The lowest BCUT2D eigenvalue weighted by Gasteiger charge is -2.37. The smallest absolute Gasteiger partial charge is 0.343 e. The largest absolute Gasteiger partial charge is 0.493 e. The number of rotatable bonds is 5. The maximum atomic E-state index is 13.4. The van der Waals surface area contributed by atoms with Crippen LogP contribution in [0.1, 0.15) is 6.42 Å². The second kappa shape index (κ2) is 7.57. The number of carbonyl (C=O) groups is 1. The quantitative estimate of drug-likeness (QED) is 0.742. The molecule has 2 aromatic carbocycles. The predicted octanol–water partition coefficient (Wildman–Crippen LogP) is 2.88. The summed E-state index contributed by atoms with van der Waals surface area (Å²) in [6.45, 7) is 1.58. The first kappa shape index (κ1) is 19.5. The third-order valence-corrected chi connectivity index (χ3v) is 6.89. The van der Waals surface area contributed by atoms with E-state index in [1.807, 2.05) is 0 Å². The highest BCUT2D eigenvalue weighted by molar-refractivity contribution is 7.94. The van der Waals surface area contributed by atoms with E-state index < -0.39 is 16.1 Å². The van der Waals surface area contributed by atoms with Crippen LogP contribution in [0.25, 0.3) is 0 Å². The number of benzene rings is 2. The first-order valence-corrected chi connectivity index (χ1v) is 10.7. The maximum absolute atomic E-state index is 13.4. The van der Waals surface area contributed by atoms with Gasteiger partial charge in [0.2, 0.25) is 0 Å². The molecule has 2 aliphatic heterocycles. The van der Waals surface area contributed by atoms with Crippen LogP contribution in [0, 0.1) is 5.92 Å². The number of sulfonamides is 1. The molecule has 0 N–H and O–H groups in total. The van der Waals surface area contributed by atoms with Crippen molar-refractivity contribution in [2.75, 3.05) is 43.2 Å². The van der Waals surface area contributed by atoms with Crippen molar-refractivity contribution in [3.05, 3.63) is 42.5 Å². The van der Waals surface area contributed by atoms with Crippen molar-refractivity contribution >= 4 is 27.4 Å². The Bertz CT molecular complexity index is 1030. The highest BCUT2D eigenvalue weighted by Gasteiger charge is 2.43. The summed E-state index contributed by atoms with van der Waals surface area (Å²) < 4.78 is 43.4. The van der Waals surface area contributed by atoms with Gasteiger partial charge in [0.25, 0.3) is 10.0 Å². The summed E-state index contributed by atoms with van der Waals surface area (Å²) in [5, 5.41) is 0. The van der Waals surface area contributed by atoms with Gasteiger partial charge in [-0.2, -0.15) is 4.31 Å². The number of anilines is 2. The molecule has 8 nitrogen and oxygen atoms in total. The zero-order valence-electron chi connectivity index (χ0n) is 16.2. The molecule has 0 spiro atoms. The molecule has 0 bridgehead atoms. The number of amides is 2. The number of hydrogen-bond donors (Lipinski definition) is 0. The van der Waals surface area contributed by atoms with Crippen molar-refractivity contribution in [2.45, 2.75) is 11.3 Å². The number of methoxy groups -OCH3 is 2. The molecule has 2 amide bonds. The summed E-state index contributed by atoms with van der Waals surface area (Å²) in [5.74, 6) is 0.932. The summed E-state index contributed by atoms with van der Waals surface area (Å²) in [5.41, 5.74) is 0.580. The number of para-hydroxylation sites is 1. The van der Waals surface area contributed by atoms with Gasteiger partial charge in [-0.1, -0.05) is 12.1 Å². The molecule has 154 valence electrons. The van der Waals surface area contributed by atoms with Crippen LogP contribution < -0.4 is 18.7 Å². The molecule has 2 aromatic rings. The van der Waals surface area contributed by atoms with Gasteiger partial charge < -0.3 is 14.2 Å². The fraction of sp³-hybridized carbons (Fsp3) is 0.350. The predicted molar refractivity (Wildman–Crippen MR) is 107 cm³/mol. The lowest BCUT2D eigenvalue weighted by atomic mass is 10.1. The molecule has 0 radical (unpaired) electrons. The molecule has 0 aliphatic carbocycles. The number of hydrogen-bond acceptors (Lipinski definition) is 6. The van der Waals surface area contributed by atoms with Crippen molar-refractivity contribution in [1.82, 2.24) is 0 Å². The van der Waals surface area contributed by atoms with Gasteiger partial charge in [-0.05, 0) is 30.7 Å². The van der Waals surface area contributed by atoms with E-state index in [-0.39, 0.29) is 16.5 Å². The minimum Gasteiger partial charge on any atom is -0.493 e. The number of nitrogens with zero attached hydrogens (tertiary/aromatic N) is 2. The van der Waals surface area contributed by atoms with Gasteiger partial charge in [-0.15, -0.1) is 0 Å². The Hall–Kier alpha value is -2.78. The minimum absolute atomic E-state index is 0.0910. The Labute approximate surface area is 169 Å². The molecule has 1 fully saturated rings. The second-order valence-corrected chi connectivity index (χ2v) is 8.65. The molecule has 2 heterocycles. The van der Waals surface area contributed by atoms with Crippen LogP contribution in [0.15, 0.2) is 47.4 Å². The molecule has 4 rings (SSSR count). The number of carbonyl (C=O) groups excluding carboxylic acids is 1. The molecule has 0 aromatic heterocycles. The van der Waals surface area contributed by atoms with Crippen molar-refractivity contribution in [3.63, 3.8) is 0 Å². The number of urea groups is 1. The van der Waals surface area contributed by atoms with E-state index in [0.29, 0.717) is 36.9 Å². The first-order chi connectivity index (χ1) is 14.0. The standard InChI is InChI=1S/C20H22N2O6S/c1-26-17-8-7-15(11-18(17)27-2)22-20(23)21(12-14-9-10-28-13-14)16-5-3-4-6-19(16)29(22,24)25/h3-8,11,14H,9-10,12-13H2,1-2H3. The van der Waals surface area contributed by atoms with Crippen molar-refractivity contribution < 1.29 is 27.4 Å². The number of fused-ring (bicyclic) bond motifs is 1. The van der Waals surface area contributed by atoms with Gasteiger partial charge in [-0.3, -0.25) is 4.90 Å². The monoisotopic (exact) mass is 418 g/mol. The van der Waals surface area contributed by atoms with Crippen LogP contribution in [0.4, 0.5) is 16.2 Å². The average Bonchev–Trinajstić information content (AvgIpc) is 3.24. The summed E-state index contributed by atoms with van der Waals surface area (Å²) >= 11 is 0. The molecule has 1 saturated heterocycles. The molecule has 2 aliphatic rings. The topological polar surface area (TPSA) is 85.4 Å². The fourth-order valence-corrected chi connectivity index (χ4v) is 5.26. The average molecular weight is 418 g/mol. The van der Waals surface area contributed by atoms with Crippen molar-refractivity contribution in [3.8, 4) is 11.5 Å². The van der Waals surface area contributed by atoms with Crippen LogP contribution in [0.2, 0.25) is 0 Å². The van der Waals surface area contributed by atoms with Crippen LogP contribution >= 0.6 is 0 Å². The van der Waals surface area contributed by atoms with Crippen LogP contribution in [0.5, 0.6) is 11.5 Å². The summed E-state index contributed by atoms with van der Waals surface area (Å²) in [7, 11) is -1.14. The Morgan fingerprint density at radius 3 is 2.55 bits per heavy atom. The van der Waals surface area contributed by atoms with Crippen LogP contribution in [-0.4, -0.2) is 48.4 Å². The maximum Gasteiger partial charge on any atom is 0.343 e. The molecular weight excluding hydrogens is 396 g/mol. The molecule has 9 heteroatoms. The Morgan fingerprint density at radius 1 is 1.10 bits per heavy atom. The third-order valence-electron chi connectivity index (χ3n) is 5.15. The highest BCUT2D eigenvalue weighted by atomic mass is 32.2. The van der Waals surface area contributed by atoms with Crippen LogP contribution in [0.3, 0.4) is 0 Å². The van der Waals surface area contributed by atoms with Gasteiger partial charge in [0, 0.05) is 25.1 Å². The zero-order chi connectivity index (χ0) is 20.6. The SMILES string of the molecule is COc1ccc(N2C(=O)N(CC3CCOC3)c3ccccc3S2(=O)=O)cc1OC. The van der Waals surface area contributed by atoms with Crippen LogP contribution in [-0.2, 0) is 14.8 Å². The van der Waals surface area contributed by atoms with Gasteiger partial charge in [0.1, 0.15) is 4.90 Å². The molecule has 29 heavy (non-hydrogen) atoms. The highest BCUT2D eigenvalue weighted by Crippen LogP contribution is 2.40. The molecule has 1 unspecified atom stereocenters. The lowest BCUT2D eigenvalue weighted by Crippen LogP contribution is -2.52. The minimum atomic E-state index is -4.08.